The van der Waals surface area contributed by atoms with Gasteiger partial charge in [0.15, 0.2) is 0 Å². The number of carbonyl (C=O) groups excluding carboxylic acids is 1. The first-order valence-electron chi connectivity index (χ1n) is 6.43. The third-order valence-electron chi connectivity index (χ3n) is 3.67. The third-order valence-corrected chi connectivity index (χ3v) is 3.67. The van der Waals surface area contributed by atoms with E-state index in [0.29, 0.717) is 24.0 Å². The summed E-state index contributed by atoms with van der Waals surface area (Å²) in [4.78, 5) is 12.0. The molecule has 1 rings (SSSR count). The highest BCUT2D eigenvalue weighted by atomic mass is 16.1. The normalized spacial score (nSPS) is 19.8. The van der Waals surface area contributed by atoms with Crippen LogP contribution in [0.25, 0.3) is 0 Å². The summed E-state index contributed by atoms with van der Waals surface area (Å²) in [6, 6.07) is 0. The number of ketones is 1. The van der Waals surface area contributed by atoms with Gasteiger partial charge < -0.3 is 0 Å². The molecule has 1 unspecified atom stereocenters. The monoisotopic (exact) mass is 208 g/mol. The summed E-state index contributed by atoms with van der Waals surface area (Å²) < 4.78 is 0. The molecule has 0 aromatic rings. The number of hydrogen-bond donors (Lipinski definition) is 0. The molecule has 0 amide bonds. The Morgan fingerprint density at radius 1 is 1.40 bits per heavy atom. The van der Waals surface area contributed by atoms with Crippen molar-refractivity contribution in [3.05, 3.63) is 12.7 Å². The molecule has 0 radical (unpaired) electrons. The molecule has 1 heteroatoms. The molecule has 0 N–H and O–H groups in total. The Labute approximate surface area is 93.9 Å². The van der Waals surface area contributed by atoms with Crippen LogP contribution >= 0.6 is 0 Å². The van der Waals surface area contributed by atoms with Crippen molar-refractivity contribution in [2.24, 2.45) is 11.8 Å². The molecular weight excluding hydrogens is 184 g/mol. The van der Waals surface area contributed by atoms with Crippen molar-refractivity contribution >= 4 is 5.78 Å². The summed E-state index contributed by atoms with van der Waals surface area (Å²) in [6.45, 7) is 5.84. The largest absolute Gasteiger partial charge is 0.299 e. The predicted octanol–water partition coefficient (Wildman–Crippen LogP) is 4.13. The van der Waals surface area contributed by atoms with Gasteiger partial charge in [0, 0.05) is 12.3 Å². The molecule has 0 bridgehead atoms. The Morgan fingerprint density at radius 2 is 2.07 bits per heavy atom. The Balaban J connectivity index is 2.44. The molecule has 0 aromatic heterocycles. The minimum Gasteiger partial charge on any atom is -0.299 e. The van der Waals surface area contributed by atoms with Gasteiger partial charge in [-0.25, -0.2) is 0 Å². The van der Waals surface area contributed by atoms with Crippen LogP contribution < -0.4 is 0 Å². The van der Waals surface area contributed by atoms with Crippen molar-refractivity contribution in [2.75, 3.05) is 0 Å². The summed E-state index contributed by atoms with van der Waals surface area (Å²) in [5, 5.41) is 0. The summed E-state index contributed by atoms with van der Waals surface area (Å²) in [5.41, 5.74) is 0. The fourth-order valence-electron chi connectivity index (χ4n) is 2.79. The van der Waals surface area contributed by atoms with E-state index in [4.69, 9.17) is 0 Å². The van der Waals surface area contributed by atoms with E-state index in [1.807, 2.05) is 6.08 Å². The van der Waals surface area contributed by atoms with E-state index in [2.05, 4.69) is 13.5 Å². The van der Waals surface area contributed by atoms with Crippen LogP contribution in [0.3, 0.4) is 0 Å². The van der Waals surface area contributed by atoms with Gasteiger partial charge >= 0.3 is 0 Å². The van der Waals surface area contributed by atoms with Crippen molar-refractivity contribution in [2.45, 2.75) is 58.3 Å². The van der Waals surface area contributed by atoms with Gasteiger partial charge in [0.25, 0.3) is 0 Å². The second-order valence-electron chi connectivity index (χ2n) is 4.71. The van der Waals surface area contributed by atoms with Gasteiger partial charge in [-0.05, 0) is 31.6 Å². The number of hydrogen-bond acceptors (Lipinski definition) is 1. The van der Waals surface area contributed by atoms with Crippen LogP contribution in [0.2, 0.25) is 0 Å². The van der Waals surface area contributed by atoms with Crippen LogP contribution in [-0.4, -0.2) is 5.78 Å². The number of Topliss-reactive ketones (excluding diaryl/α,β-unsaturated/α-hetero) is 1. The van der Waals surface area contributed by atoms with E-state index in [1.54, 1.807) is 0 Å². The zero-order chi connectivity index (χ0) is 11.1. The molecule has 0 aromatic carbocycles. The summed E-state index contributed by atoms with van der Waals surface area (Å²) in [6.07, 6.45) is 11.0. The van der Waals surface area contributed by atoms with E-state index in [9.17, 15) is 4.79 Å². The molecule has 1 atom stereocenters. The summed E-state index contributed by atoms with van der Waals surface area (Å²) in [5.74, 6) is 1.50. The molecule has 1 aliphatic carbocycles. The van der Waals surface area contributed by atoms with Crippen molar-refractivity contribution in [3.8, 4) is 0 Å². The van der Waals surface area contributed by atoms with Gasteiger partial charge in [0.2, 0.25) is 0 Å². The molecule has 0 spiro atoms. The maximum Gasteiger partial charge on any atom is 0.136 e. The van der Waals surface area contributed by atoms with Crippen LogP contribution in [0.1, 0.15) is 58.3 Å². The van der Waals surface area contributed by atoms with Crippen molar-refractivity contribution in [1.29, 1.82) is 0 Å². The summed E-state index contributed by atoms with van der Waals surface area (Å²) >= 11 is 0. The maximum absolute atomic E-state index is 12.0. The van der Waals surface area contributed by atoms with Crippen molar-refractivity contribution < 1.29 is 4.79 Å². The van der Waals surface area contributed by atoms with Crippen LogP contribution in [0.15, 0.2) is 12.7 Å². The van der Waals surface area contributed by atoms with Gasteiger partial charge in [0.05, 0.1) is 0 Å². The molecule has 1 aliphatic rings. The zero-order valence-electron chi connectivity index (χ0n) is 10.0. The molecule has 0 aliphatic heterocycles. The van der Waals surface area contributed by atoms with Crippen LogP contribution in [0.5, 0.6) is 0 Å². The fourth-order valence-corrected chi connectivity index (χ4v) is 2.79. The third kappa shape index (κ3) is 3.81. The highest BCUT2D eigenvalue weighted by molar-refractivity contribution is 5.81. The first-order valence-corrected chi connectivity index (χ1v) is 6.43. The van der Waals surface area contributed by atoms with E-state index in [-0.39, 0.29) is 0 Å². The van der Waals surface area contributed by atoms with Crippen LogP contribution in [-0.2, 0) is 4.79 Å². The minimum absolute atomic E-state index is 0.338. The van der Waals surface area contributed by atoms with E-state index in [1.165, 1.54) is 32.1 Å². The van der Waals surface area contributed by atoms with Crippen LogP contribution in [0, 0.1) is 11.8 Å². The Bertz CT molecular complexity index is 201. The van der Waals surface area contributed by atoms with Gasteiger partial charge in [-0.15, -0.1) is 6.58 Å². The van der Waals surface area contributed by atoms with Crippen molar-refractivity contribution in [3.63, 3.8) is 0 Å². The Hall–Kier alpha value is -0.590. The Kier molecular flexibility index (Phi) is 5.67. The average Bonchev–Trinajstić information content (AvgIpc) is 2.29. The molecule has 86 valence electrons. The number of carbonyl (C=O) groups is 1. The Morgan fingerprint density at radius 3 is 2.60 bits per heavy atom. The molecular formula is C14H24O. The van der Waals surface area contributed by atoms with E-state index >= 15 is 0 Å². The fraction of sp³-hybridized carbons (Fsp3) is 0.786. The smallest absolute Gasteiger partial charge is 0.136 e. The number of rotatable bonds is 6. The second kappa shape index (κ2) is 6.81. The average molecular weight is 208 g/mol. The SMILES string of the molecule is C=CCCC(=O)C(CC)C1CCCCC1. The quantitative estimate of drug-likeness (QED) is 0.600. The van der Waals surface area contributed by atoms with E-state index in [0.717, 1.165) is 12.8 Å². The molecule has 0 heterocycles. The minimum atomic E-state index is 0.338. The molecule has 1 nitrogen and oxygen atoms in total. The first kappa shape index (κ1) is 12.5. The lowest BCUT2D eigenvalue weighted by Crippen LogP contribution is -2.25. The topological polar surface area (TPSA) is 17.1 Å². The lowest BCUT2D eigenvalue weighted by atomic mass is 9.76. The molecule has 0 saturated heterocycles. The summed E-state index contributed by atoms with van der Waals surface area (Å²) in [7, 11) is 0. The first-order chi connectivity index (χ1) is 7.29. The van der Waals surface area contributed by atoms with Gasteiger partial charge in [-0.3, -0.25) is 4.79 Å². The molecule has 1 fully saturated rings. The highest BCUT2D eigenvalue weighted by Gasteiger charge is 2.26. The highest BCUT2D eigenvalue weighted by Crippen LogP contribution is 2.32. The lowest BCUT2D eigenvalue weighted by molar-refractivity contribution is -0.125. The molecule has 1 saturated carbocycles. The van der Waals surface area contributed by atoms with Crippen LogP contribution in [0.4, 0.5) is 0 Å². The number of allylic oxidation sites excluding steroid dienone is 1. The van der Waals surface area contributed by atoms with Gasteiger partial charge in [0.1, 0.15) is 5.78 Å². The molecule has 15 heavy (non-hydrogen) atoms. The maximum atomic E-state index is 12.0. The van der Waals surface area contributed by atoms with Gasteiger partial charge in [-0.2, -0.15) is 0 Å². The second-order valence-corrected chi connectivity index (χ2v) is 4.71. The standard InChI is InChI=1S/C14H24O/c1-3-5-11-14(15)13(4-2)12-9-7-6-8-10-12/h3,12-13H,1,4-11H2,2H3. The lowest BCUT2D eigenvalue weighted by Gasteiger charge is -2.28. The van der Waals surface area contributed by atoms with E-state index < -0.39 is 0 Å². The zero-order valence-corrected chi connectivity index (χ0v) is 10.0. The van der Waals surface area contributed by atoms with Gasteiger partial charge in [-0.1, -0.05) is 32.3 Å². The van der Waals surface area contributed by atoms with Crippen molar-refractivity contribution in [1.82, 2.24) is 0 Å². The predicted molar refractivity (Wildman–Crippen MR) is 64.8 cm³/mol.